The Labute approximate surface area is 125 Å². The molecule has 0 aromatic heterocycles. The van der Waals surface area contributed by atoms with Crippen LogP contribution in [0.3, 0.4) is 0 Å². The second kappa shape index (κ2) is 6.64. The average Bonchev–Trinajstić information content (AvgIpc) is 2.48. The van der Waals surface area contributed by atoms with Crippen LogP contribution in [0.4, 0.5) is 0 Å². The number of aliphatic hydroxyl groups excluding tert-OH is 1. The van der Waals surface area contributed by atoms with Gasteiger partial charge in [-0.15, -0.1) is 0 Å². The van der Waals surface area contributed by atoms with E-state index in [1.807, 2.05) is 0 Å². The van der Waals surface area contributed by atoms with Crippen LogP contribution in [0.5, 0.6) is 11.5 Å². The van der Waals surface area contributed by atoms with E-state index in [1.165, 1.54) is 20.3 Å². The zero-order valence-electron chi connectivity index (χ0n) is 12.2. The first-order valence-electron chi connectivity index (χ1n) is 6.90. The van der Waals surface area contributed by atoms with Crippen molar-refractivity contribution in [2.45, 2.75) is 42.7 Å². The Morgan fingerprint density at radius 1 is 1.19 bits per heavy atom. The Hall–Kier alpha value is -1.31. The first-order valence-corrected chi connectivity index (χ1v) is 8.38. The van der Waals surface area contributed by atoms with Crippen molar-refractivity contribution in [2.24, 2.45) is 0 Å². The number of methoxy groups -OCH3 is 2. The van der Waals surface area contributed by atoms with Crippen molar-refractivity contribution in [2.75, 3.05) is 14.2 Å². The van der Waals surface area contributed by atoms with Crippen molar-refractivity contribution in [1.82, 2.24) is 4.72 Å². The summed E-state index contributed by atoms with van der Waals surface area (Å²) in [5, 5.41) is 9.92. The molecule has 118 valence electrons. The van der Waals surface area contributed by atoms with Gasteiger partial charge in [-0.25, -0.2) is 13.1 Å². The van der Waals surface area contributed by atoms with Crippen LogP contribution in [-0.4, -0.2) is 39.9 Å². The Morgan fingerprint density at radius 2 is 1.90 bits per heavy atom. The van der Waals surface area contributed by atoms with Gasteiger partial charge in [0.1, 0.15) is 16.4 Å². The van der Waals surface area contributed by atoms with E-state index in [1.54, 1.807) is 12.1 Å². The van der Waals surface area contributed by atoms with Crippen molar-refractivity contribution in [3.8, 4) is 11.5 Å². The number of sulfonamides is 1. The van der Waals surface area contributed by atoms with Crippen LogP contribution >= 0.6 is 0 Å². The second-order valence-electron chi connectivity index (χ2n) is 5.10. The highest BCUT2D eigenvalue weighted by atomic mass is 32.2. The normalized spacial score (nSPS) is 22.8. The molecule has 1 fully saturated rings. The molecule has 0 unspecified atom stereocenters. The number of hydrogen-bond donors (Lipinski definition) is 2. The molecule has 21 heavy (non-hydrogen) atoms. The summed E-state index contributed by atoms with van der Waals surface area (Å²) in [6.07, 6.45) is 2.42. The van der Waals surface area contributed by atoms with Gasteiger partial charge in [-0.2, -0.15) is 0 Å². The van der Waals surface area contributed by atoms with Gasteiger partial charge in [0.2, 0.25) is 10.0 Å². The topological polar surface area (TPSA) is 84.9 Å². The third kappa shape index (κ3) is 3.66. The highest BCUT2D eigenvalue weighted by molar-refractivity contribution is 7.89. The van der Waals surface area contributed by atoms with Gasteiger partial charge in [0, 0.05) is 12.1 Å². The van der Waals surface area contributed by atoms with Gasteiger partial charge >= 0.3 is 0 Å². The van der Waals surface area contributed by atoms with Crippen LogP contribution < -0.4 is 14.2 Å². The first-order chi connectivity index (χ1) is 9.97. The van der Waals surface area contributed by atoms with E-state index in [0.29, 0.717) is 18.6 Å². The molecule has 0 amide bonds. The Morgan fingerprint density at radius 3 is 2.52 bits per heavy atom. The molecule has 6 nitrogen and oxygen atoms in total. The van der Waals surface area contributed by atoms with Gasteiger partial charge in [0.05, 0.1) is 20.3 Å². The molecule has 1 aromatic rings. The SMILES string of the molecule is COc1ccc(OC)c(S(=O)(=O)N[C@H]2CCCC[C@@H]2O)c1. The second-order valence-corrected chi connectivity index (χ2v) is 6.78. The Balaban J connectivity index is 2.30. The number of rotatable bonds is 5. The average molecular weight is 315 g/mol. The molecule has 0 saturated heterocycles. The molecular weight excluding hydrogens is 294 g/mol. The monoisotopic (exact) mass is 315 g/mol. The van der Waals surface area contributed by atoms with E-state index in [0.717, 1.165) is 12.8 Å². The highest BCUT2D eigenvalue weighted by Gasteiger charge is 2.30. The predicted octanol–water partition coefficient (Wildman–Crippen LogP) is 1.29. The third-order valence-electron chi connectivity index (χ3n) is 3.70. The minimum Gasteiger partial charge on any atom is -0.497 e. The van der Waals surface area contributed by atoms with E-state index >= 15 is 0 Å². The molecule has 0 aliphatic heterocycles. The number of benzene rings is 1. The van der Waals surface area contributed by atoms with Gasteiger partial charge < -0.3 is 14.6 Å². The van der Waals surface area contributed by atoms with Gasteiger partial charge in [0.25, 0.3) is 0 Å². The lowest BCUT2D eigenvalue weighted by atomic mass is 9.93. The Bertz CT molecular complexity index is 587. The zero-order valence-corrected chi connectivity index (χ0v) is 13.0. The number of hydrogen-bond acceptors (Lipinski definition) is 5. The minimum atomic E-state index is -3.78. The molecule has 0 heterocycles. The van der Waals surface area contributed by atoms with Crippen molar-refractivity contribution >= 4 is 10.0 Å². The van der Waals surface area contributed by atoms with Crippen molar-refractivity contribution in [1.29, 1.82) is 0 Å². The molecule has 2 rings (SSSR count). The van der Waals surface area contributed by atoms with E-state index < -0.39 is 22.2 Å². The number of nitrogens with one attached hydrogen (secondary N) is 1. The summed E-state index contributed by atoms with van der Waals surface area (Å²) >= 11 is 0. The summed E-state index contributed by atoms with van der Waals surface area (Å²) in [7, 11) is -0.901. The van der Waals surface area contributed by atoms with Gasteiger partial charge in [-0.05, 0) is 25.0 Å². The summed E-state index contributed by atoms with van der Waals surface area (Å²) < 4.78 is 37.8. The standard InChI is InChI=1S/C14H21NO5S/c1-19-10-7-8-13(20-2)14(9-10)21(17,18)15-11-5-3-4-6-12(11)16/h7-9,11-12,15-16H,3-6H2,1-2H3/t11-,12-/m0/s1. The van der Waals surface area contributed by atoms with E-state index in [9.17, 15) is 13.5 Å². The fourth-order valence-corrected chi connectivity index (χ4v) is 3.99. The van der Waals surface area contributed by atoms with Crippen LogP contribution in [0.15, 0.2) is 23.1 Å². The van der Waals surface area contributed by atoms with Crippen molar-refractivity contribution in [3.05, 3.63) is 18.2 Å². The zero-order chi connectivity index (χ0) is 15.5. The lowest BCUT2D eigenvalue weighted by Gasteiger charge is -2.28. The molecule has 1 aromatic carbocycles. The van der Waals surface area contributed by atoms with Crippen LogP contribution in [0.1, 0.15) is 25.7 Å². The summed E-state index contributed by atoms with van der Waals surface area (Å²) in [4.78, 5) is 0.0159. The van der Waals surface area contributed by atoms with Crippen LogP contribution in [0.2, 0.25) is 0 Å². The fourth-order valence-electron chi connectivity index (χ4n) is 2.51. The minimum absolute atomic E-state index is 0.0159. The Kier molecular flexibility index (Phi) is 5.08. The molecule has 0 radical (unpaired) electrons. The third-order valence-corrected chi connectivity index (χ3v) is 5.21. The first kappa shape index (κ1) is 16.1. The largest absolute Gasteiger partial charge is 0.497 e. The smallest absolute Gasteiger partial charge is 0.244 e. The fraction of sp³-hybridized carbons (Fsp3) is 0.571. The van der Waals surface area contributed by atoms with E-state index in [4.69, 9.17) is 9.47 Å². The van der Waals surface area contributed by atoms with Crippen molar-refractivity contribution in [3.63, 3.8) is 0 Å². The maximum Gasteiger partial charge on any atom is 0.244 e. The molecule has 0 spiro atoms. The van der Waals surface area contributed by atoms with Gasteiger partial charge in [0.15, 0.2) is 0 Å². The summed E-state index contributed by atoms with van der Waals surface area (Å²) in [5.41, 5.74) is 0. The number of aliphatic hydroxyl groups is 1. The molecule has 1 aliphatic rings. The van der Waals surface area contributed by atoms with E-state index in [2.05, 4.69) is 4.72 Å². The molecule has 1 aliphatic carbocycles. The van der Waals surface area contributed by atoms with Crippen molar-refractivity contribution < 1.29 is 23.0 Å². The van der Waals surface area contributed by atoms with Gasteiger partial charge in [-0.3, -0.25) is 0 Å². The maximum absolute atomic E-state index is 12.5. The molecule has 7 heteroatoms. The lowest BCUT2D eigenvalue weighted by molar-refractivity contribution is 0.101. The van der Waals surface area contributed by atoms with E-state index in [-0.39, 0.29) is 10.6 Å². The molecular formula is C14H21NO5S. The lowest BCUT2D eigenvalue weighted by Crippen LogP contribution is -2.45. The number of ether oxygens (including phenoxy) is 2. The maximum atomic E-state index is 12.5. The predicted molar refractivity (Wildman–Crippen MR) is 78.1 cm³/mol. The molecule has 2 N–H and O–H groups in total. The quantitative estimate of drug-likeness (QED) is 0.855. The molecule has 1 saturated carbocycles. The summed E-state index contributed by atoms with van der Waals surface area (Å²) in [6, 6.07) is 4.13. The molecule has 0 bridgehead atoms. The van der Waals surface area contributed by atoms with Crippen LogP contribution in [0, 0.1) is 0 Å². The van der Waals surface area contributed by atoms with Crippen LogP contribution in [-0.2, 0) is 10.0 Å². The van der Waals surface area contributed by atoms with Crippen LogP contribution in [0.25, 0.3) is 0 Å². The van der Waals surface area contributed by atoms with Gasteiger partial charge in [-0.1, -0.05) is 12.8 Å². The summed E-state index contributed by atoms with van der Waals surface area (Å²) in [5.74, 6) is 0.675. The highest BCUT2D eigenvalue weighted by Crippen LogP contribution is 2.29. The molecule has 2 atom stereocenters. The summed E-state index contributed by atoms with van der Waals surface area (Å²) in [6.45, 7) is 0.